The van der Waals surface area contributed by atoms with E-state index in [-0.39, 0.29) is 0 Å². The van der Waals surface area contributed by atoms with Crippen LogP contribution < -0.4 is 4.90 Å². The zero-order valence-electron chi connectivity index (χ0n) is 32.2. The first-order chi connectivity index (χ1) is 28.0. The minimum Gasteiger partial charge on any atom is -0.306 e. The fraction of sp³-hybridized carbons (Fsp3) is 0.0980. The number of aromatic nitrogens is 5. The molecule has 57 heavy (non-hydrogen) atoms. The number of fused-ring (bicyclic) bond motifs is 7. The molecule has 0 unspecified atom stereocenters. The molecule has 0 saturated carbocycles. The van der Waals surface area contributed by atoms with Crippen LogP contribution in [0.25, 0.3) is 49.6 Å². The number of aryl methyl sites for hydroxylation is 4. The molecule has 1 aliphatic rings. The highest BCUT2D eigenvalue weighted by molar-refractivity contribution is 6.18. The average Bonchev–Trinajstić information content (AvgIpc) is 3.58. The molecule has 0 amide bonds. The van der Waals surface area contributed by atoms with Gasteiger partial charge in [-0.2, -0.15) is 0 Å². The second-order valence-corrected chi connectivity index (χ2v) is 15.1. The fourth-order valence-electron chi connectivity index (χ4n) is 9.33. The smallest absolute Gasteiger partial charge is 0.118 e. The molecule has 6 nitrogen and oxygen atoms in total. The molecule has 11 rings (SSSR count). The van der Waals surface area contributed by atoms with Gasteiger partial charge in [-0.3, -0.25) is 0 Å². The minimum absolute atomic E-state index is 0.614. The van der Waals surface area contributed by atoms with Crippen molar-refractivity contribution in [3.8, 4) is 5.69 Å². The number of anilines is 3. The van der Waals surface area contributed by atoms with Gasteiger partial charge in [0.15, 0.2) is 0 Å². The van der Waals surface area contributed by atoms with Crippen LogP contribution in [0.1, 0.15) is 45.0 Å². The maximum absolute atomic E-state index is 5.50. The summed E-state index contributed by atoms with van der Waals surface area (Å²) in [5.74, 6) is 0. The predicted molar refractivity (Wildman–Crippen MR) is 232 cm³/mol. The summed E-state index contributed by atoms with van der Waals surface area (Å²) < 4.78 is 2.33. The summed E-state index contributed by atoms with van der Waals surface area (Å²) >= 11 is 0. The number of nitrogens with zero attached hydrogens (tertiary/aromatic N) is 6. The van der Waals surface area contributed by atoms with Crippen molar-refractivity contribution in [2.24, 2.45) is 0 Å². The van der Waals surface area contributed by atoms with E-state index in [0.717, 1.165) is 78.6 Å². The summed E-state index contributed by atoms with van der Waals surface area (Å²) in [6.07, 6.45) is 0. The number of benzene rings is 7. The first-order valence-corrected chi connectivity index (χ1v) is 19.5. The van der Waals surface area contributed by atoms with Crippen LogP contribution in [0.15, 0.2) is 158 Å². The fourth-order valence-corrected chi connectivity index (χ4v) is 9.33. The quantitative estimate of drug-likeness (QED) is 0.169. The lowest BCUT2D eigenvalue weighted by molar-refractivity contribution is 0.731. The van der Waals surface area contributed by atoms with Crippen molar-refractivity contribution >= 4 is 60.9 Å². The van der Waals surface area contributed by atoms with Crippen molar-refractivity contribution in [1.29, 1.82) is 0 Å². The number of para-hydroxylation sites is 4. The van der Waals surface area contributed by atoms with E-state index in [2.05, 4.69) is 181 Å². The van der Waals surface area contributed by atoms with Crippen LogP contribution in [0.3, 0.4) is 0 Å². The Morgan fingerprint density at radius 2 is 0.719 bits per heavy atom. The van der Waals surface area contributed by atoms with Crippen molar-refractivity contribution in [2.75, 3.05) is 4.90 Å². The molecule has 0 fully saturated rings. The Morgan fingerprint density at radius 3 is 1.16 bits per heavy atom. The maximum atomic E-state index is 5.50. The monoisotopic (exact) mass is 734 g/mol. The first kappa shape index (κ1) is 33.2. The van der Waals surface area contributed by atoms with Gasteiger partial charge in [-0.15, -0.1) is 0 Å². The largest absolute Gasteiger partial charge is 0.306 e. The van der Waals surface area contributed by atoms with Crippen molar-refractivity contribution in [3.63, 3.8) is 0 Å². The Balaban J connectivity index is 1.34. The van der Waals surface area contributed by atoms with Crippen molar-refractivity contribution in [1.82, 2.24) is 24.5 Å². The van der Waals surface area contributed by atoms with Gasteiger partial charge in [-0.25, -0.2) is 19.9 Å². The van der Waals surface area contributed by atoms with Gasteiger partial charge in [-0.05, 0) is 74.2 Å². The van der Waals surface area contributed by atoms with Crippen molar-refractivity contribution in [3.05, 3.63) is 203 Å². The Labute approximate surface area is 330 Å². The minimum atomic E-state index is -0.614. The highest BCUT2D eigenvalue weighted by Crippen LogP contribution is 2.59. The average molecular weight is 735 g/mol. The normalized spacial score (nSPS) is 13.4. The SMILES string of the molecule is Cc1nc2c(N3c4ccccc4C(c4ccccc4)(c4ccccc4)c4ccccc43)c3nc(C)c(C)nc3c(-n3c4ccccc4c4ccccc43)c2nc1C. The third-order valence-corrected chi connectivity index (χ3v) is 12.0. The topological polar surface area (TPSA) is 59.7 Å². The molecule has 4 heterocycles. The van der Waals surface area contributed by atoms with Crippen LogP contribution in [0, 0.1) is 27.7 Å². The third kappa shape index (κ3) is 4.58. The van der Waals surface area contributed by atoms with E-state index in [4.69, 9.17) is 19.9 Å². The van der Waals surface area contributed by atoms with Crippen LogP contribution in [-0.4, -0.2) is 24.5 Å². The van der Waals surface area contributed by atoms with E-state index in [0.29, 0.717) is 0 Å². The van der Waals surface area contributed by atoms with Crippen LogP contribution in [-0.2, 0) is 5.41 Å². The van der Waals surface area contributed by atoms with E-state index in [1.54, 1.807) is 0 Å². The third-order valence-electron chi connectivity index (χ3n) is 12.0. The van der Waals surface area contributed by atoms with Crippen molar-refractivity contribution in [2.45, 2.75) is 33.1 Å². The van der Waals surface area contributed by atoms with E-state index >= 15 is 0 Å². The summed E-state index contributed by atoms with van der Waals surface area (Å²) in [6, 6.07) is 56.7. The molecule has 0 radical (unpaired) electrons. The van der Waals surface area contributed by atoms with Crippen molar-refractivity contribution < 1.29 is 0 Å². The number of hydrogen-bond donors (Lipinski definition) is 0. The van der Waals surface area contributed by atoms with Gasteiger partial charge in [0.1, 0.15) is 33.4 Å². The molecule has 7 aromatic carbocycles. The lowest BCUT2D eigenvalue weighted by Gasteiger charge is -2.46. The molecule has 0 spiro atoms. The second-order valence-electron chi connectivity index (χ2n) is 15.1. The summed E-state index contributed by atoms with van der Waals surface area (Å²) in [5, 5.41) is 2.34. The first-order valence-electron chi connectivity index (χ1n) is 19.5. The predicted octanol–water partition coefficient (Wildman–Crippen LogP) is 12.1. The standard InChI is InChI=1S/C51H38N6/c1-31-33(3)54-47-45(52-31)49(56-41-27-15-11-23-37(41)38-24-12-16-28-42(38)56)46-48(55-34(4)32(2)53-46)50(47)57-43-29-17-13-25-39(43)51(35-19-7-5-8-20-35,36-21-9-6-10-22-36)40-26-14-18-30-44(40)57/h5-30H,1-4H3. The molecule has 10 aromatic rings. The molecular formula is C51H38N6. The van der Waals surface area contributed by atoms with Gasteiger partial charge in [0, 0.05) is 10.8 Å². The van der Waals surface area contributed by atoms with Gasteiger partial charge < -0.3 is 9.47 Å². The van der Waals surface area contributed by atoms with Crippen LogP contribution in [0.5, 0.6) is 0 Å². The van der Waals surface area contributed by atoms with Gasteiger partial charge in [0.25, 0.3) is 0 Å². The lowest BCUT2D eigenvalue weighted by atomic mass is 9.62. The van der Waals surface area contributed by atoms with E-state index < -0.39 is 5.41 Å². The van der Waals surface area contributed by atoms with E-state index in [9.17, 15) is 0 Å². The molecule has 0 bridgehead atoms. The Hall–Kier alpha value is -7.18. The highest BCUT2D eigenvalue weighted by Gasteiger charge is 2.47. The molecule has 0 N–H and O–H groups in total. The Kier molecular flexibility index (Phi) is 7.23. The molecule has 0 atom stereocenters. The molecule has 0 saturated heterocycles. The molecule has 6 heteroatoms. The number of hydrogen-bond acceptors (Lipinski definition) is 5. The molecule has 3 aromatic heterocycles. The molecular weight excluding hydrogens is 697 g/mol. The van der Waals surface area contributed by atoms with Crippen LogP contribution in [0.4, 0.5) is 17.1 Å². The zero-order valence-corrected chi connectivity index (χ0v) is 32.2. The maximum Gasteiger partial charge on any atom is 0.118 e. The van der Waals surface area contributed by atoms with Crippen LogP contribution in [0.2, 0.25) is 0 Å². The van der Waals surface area contributed by atoms with Gasteiger partial charge in [-0.1, -0.05) is 133 Å². The molecule has 272 valence electrons. The molecule has 0 aliphatic carbocycles. The summed E-state index contributed by atoms with van der Waals surface area (Å²) in [7, 11) is 0. The van der Waals surface area contributed by atoms with Gasteiger partial charge >= 0.3 is 0 Å². The lowest BCUT2D eigenvalue weighted by Crippen LogP contribution is -2.37. The van der Waals surface area contributed by atoms with Crippen LogP contribution >= 0.6 is 0 Å². The van der Waals surface area contributed by atoms with E-state index in [1.165, 1.54) is 33.0 Å². The second kappa shape index (κ2) is 12.4. The zero-order chi connectivity index (χ0) is 38.4. The Morgan fingerprint density at radius 1 is 0.368 bits per heavy atom. The Bertz CT molecular complexity index is 3030. The van der Waals surface area contributed by atoms with E-state index in [1.807, 2.05) is 13.8 Å². The van der Waals surface area contributed by atoms with Gasteiger partial charge in [0.05, 0.1) is 50.6 Å². The molecule has 1 aliphatic heterocycles. The van der Waals surface area contributed by atoms with Gasteiger partial charge in [0.2, 0.25) is 0 Å². The number of rotatable bonds is 4. The summed E-state index contributed by atoms with van der Waals surface area (Å²) in [5.41, 5.74) is 16.7. The summed E-state index contributed by atoms with van der Waals surface area (Å²) in [6.45, 7) is 8.20. The summed E-state index contributed by atoms with van der Waals surface area (Å²) in [4.78, 5) is 24.3. The highest BCUT2D eigenvalue weighted by atomic mass is 15.2.